The van der Waals surface area contributed by atoms with E-state index in [2.05, 4.69) is 24.1 Å². The fourth-order valence-corrected chi connectivity index (χ4v) is 3.01. The molecule has 0 aromatic heterocycles. The monoisotopic (exact) mass is 374 g/mol. The number of hydrogen-bond acceptors (Lipinski definition) is 2. The summed E-state index contributed by atoms with van der Waals surface area (Å²) in [6.45, 7) is 5.94. The van der Waals surface area contributed by atoms with Crippen molar-refractivity contribution in [3.63, 3.8) is 0 Å². The van der Waals surface area contributed by atoms with Crippen LogP contribution < -0.4 is 5.32 Å². The van der Waals surface area contributed by atoms with Gasteiger partial charge in [-0.3, -0.25) is 4.79 Å². The molecule has 2 aromatic rings. The van der Waals surface area contributed by atoms with E-state index in [0.717, 1.165) is 25.9 Å². The van der Waals surface area contributed by atoms with Gasteiger partial charge in [-0.15, -0.1) is 0 Å². The Balaban J connectivity index is 2.26. The van der Waals surface area contributed by atoms with E-state index in [1.807, 2.05) is 18.2 Å². The lowest BCUT2D eigenvalue weighted by Crippen LogP contribution is -2.35. The molecule has 1 N–H and O–H groups in total. The molecular formula is C20H23ClN2OS. The van der Waals surface area contributed by atoms with E-state index in [4.69, 9.17) is 23.8 Å². The summed E-state index contributed by atoms with van der Waals surface area (Å²) in [4.78, 5) is 15.0. The number of unbranched alkanes of at least 4 members (excludes halogenated alkanes) is 1. The van der Waals surface area contributed by atoms with Gasteiger partial charge in [0.2, 0.25) is 0 Å². The van der Waals surface area contributed by atoms with Crippen molar-refractivity contribution in [2.24, 2.45) is 0 Å². The summed E-state index contributed by atoms with van der Waals surface area (Å²) in [6, 6.07) is 14.4. The maximum Gasteiger partial charge on any atom is 0.195 e. The number of carbonyl (C=O) groups excluding carboxylic acids is 1. The second kappa shape index (κ2) is 9.54. The summed E-state index contributed by atoms with van der Waals surface area (Å²) in [5.74, 6) is -0.0787. The van der Waals surface area contributed by atoms with Crippen LogP contribution in [-0.2, 0) is 0 Å². The van der Waals surface area contributed by atoms with Crippen molar-refractivity contribution in [3.05, 3.63) is 64.7 Å². The first-order chi connectivity index (χ1) is 12.1. The highest BCUT2D eigenvalue weighted by Crippen LogP contribution is 2.24. The molecule has 0 fully saturated rings. The summed E-state index contributed by atoms with van der Waals surface area (Å²) in [5.41, 5.74) is 1.82. The molecule has 0 saturated heterocycles. The van der Waals surface area contributed by atoms with Gasteiger partial charge in [-0.1, -0.05) is 55.3 Å². The second-order valence-corrected chi connectivity index (χ2v) is 6.57. The lowest BCUT2D eigenvalue weighted by molar-refractivity contribution is 0.103. The predicted molar refractivity (Wildman–Crippen MR) is 110 cm³/mol. The molecule has 2 rings (SSSR count). The van der Waals surface area contributed by atoms with Crippen LogP contribution in [0.3, 0.4) is 0 Å². The van der Waals surface area contributed by atoms with Crippen molar-refractivity contribution in [1.29, 1.82) is 0 Å². The molecule has 0 radical (unpaired) electrons. The summed E-state index contributed by atoms with van der Waals surface area (Å²) in [6.07, 6.45) is 2.18. The van der Waals surface area contributed by atoms with E-state index in [-0.39, 0.29) is 5.78 Å². The Kier molecular flexibility index (Phi) is 7.41. The van der Waals surface area contributed by atoms with Crippen LogP contribution in [-0.4, -0.2) is 28.9 Å². The van der Waals surface area contributed by atoms with E-state index < -0.39 is 0 Å². The van der Waals surface area contributed by atoms with Gasteiger partial charge in [-0.2, -0.15) is 0 Å². The van der Waals surface area contributed by atoms with Gasteiger partial charge in [-0.25, -0.2) is 0 Å². The fourth-order valence-electron chi connectivity index (χ4n) is 2.50. The Labute approximate surface area is 160 Å². The van der Waals surface area contributed by atoms with Crippen LogP contribution in [0.4, 0.5) is 5.69 Å². The number of thiocarbonyl (C=S) groups is 1. The Morgan fingerprint density at radius 1 is 1.16 bits per heavy atom. The van der Waals surface area contributed by atoms with Crippen molar-refractivity contribution in [3.8, 4) is 0 Å². The molecule has 0 bridgehead atoms. The van der Waals surface area contributed by atoms with E-state index in [9.17, 15) is 4.79 Å². The molecule has 0 atom stereocenters. The maximum atomic E-state index is 12.9. The number of benzene rings is 2. The van der Waals surface area contributed by atoms with Gasteiger partial charge in [-0.05, 0) is 43.8 Å². The van der Waals surface area contributed by atoms with Crippen molar-refractivity contribution < 1.29 is 4.79 Å². The van der Waals surface area contributed by atoms with Crippen LogP contribution in [0.5, 0.6) is 0 Å². The topological polar surface area (TPSA) is 32.3 Å². The van der Waals surface area contributed by atoms with Crippen LogP contribution >= 0.6 is 23.8 Å². The van der Waals surface area contributed by atoms with Crippen LogP contribution in [0.25, 0.3) is 0 Å². The molecule has 25 heavy (non-hydrogen) atoms. The Bertz CT molecular complexity index is 734. The number of rotatable bonds is 7. The number of carbonyl (C=O) groups is 1. The Hall–Kier alpha value is -1.91. The summed E-state index contributed by atoms with van der Waals surface area (Å²) in [5, 5.41) is 4.37. The molecule has 0 aliphatic rings. The highest BCUT2D eigenvalue weighted by molar-refractivity contribution is 7.80. The molecule has 0 amide bonds. The van der Waals surface area contributed by atoms with E-state index in [1.54, 1.807) is 30.3 Å². The van der Waals surface area contributed by atoms with Crippen LogP contribution in [0.1, 0.15) is 42.6 Å². The van der Waals surface area contributed by atoms with Gasteiger partial charge in [0.15, 0.2) is 10.9 Å². The van der Waals surface area contributed by atoms with Gasteiger partial charge >= 0.3 is 0 Å². The number of ketones is 1. The lowest BCUT2D eigenvalue weighted by Gasteiger charge is -2.25. The molecule has 3 nitrogen and oxygen atoms in total. The van der Waals surface area contributed by atoms with Crippen molar-refractivity contribution >= 4 is 40.4 Å². The third kappa shape index (κ3) is 5.28. The van der Waals surface area contributed by atoms with Crippen molar-refractivity contribution in [1.82, 2.24) is 4.90 Å². The zero-order valence-corrected chi connectivity index (χ0v) is 16.2. The molecule has 0 spiro atoms. The zero-order chi connectivity index (χ0) is 18.2. The van der Waals surface area contributed by atoms with Gasteiger partial charge in [0.05, 0.1) is 5.69 Å². The Morgan fingerprint density at radius 2 is 1.88 bits per heavy atom. The first-order valence-electron chi connectivity index (χ1n) is 8.52. The second-order valence-electron chi connectivity index (χ2n) is 5.75. The number of anilines is 1. The van der Waals surface area contributed by atoms with Gasteiger partial charge in [0, 0.05) is 29.2 Å². The first kappa shape index (κ1) is 19.4. The molecule has 0 aliphatic carbocycles. The quantitative estimate of drug-likeness (QED) is 0.520. The van der Waals surface area contributed by atoms with Crippen LogP contribution in [0, 0.1) is 0 Å². The fraction of sp³-hybridized carbons (Fsp3) is 0.300. The highest BCUT2D eigenvalue weighted by Gasteiger charge is 2.16. The smallest absolute Gasteiger partial charge is 0.195 e. The minimum Gasteiger partial charge on any atom is -0.349 e. The van der Waals surface area contributed by atoms with Crippen molar-refractivity contribution in [2.45, 2.75) is 26.7 Å². The molecule has 0 heterocycles. The maximum absolute atomic E-state index is 12.9. The Morgan fingerprint density at radius 3 is 2.52 bits per heavy atom. The average Bonchev–Trinajstić information content (AvgIpc) is 2.64. The molecule has 0 saturated carbocycles. The lowest BCUT2D eigenvalue weighted by atomic mass is 10.0. The molecule has 132 valence electrons. The van der Waals surface area contributed by atoms with Gasteiger partial charge in [0.25, 0.3) is 0 Å². The van der Waals surface area contributed by atoms with Gasteiger partial charge in [0.1, 0.15) is 0 Å². The number of nitrogens with zero attached hydrogens (tertiary/aromatic N) is 1. The third-order valence-electron chi connectivity index (χ3n) is 3.95. The van der Waals surface area contributed by atoms with E-state index >= 15 is 0 Å². The van der Waals surface area contributed by atoms with Crippen LogP contribution in [0.2, 0.25) is 5.02 Å². The normalized spacial score (nSPS) is 10.4. The minimum absolute atomic E-state index is 0.0787. The molecular weight excluding hydrogens is 352 g/mol. The highest BCUT2D eigenvalue weighted by atomic mass is 35.5. The van der Waals surface area contributed by atoms with E-state index in [1.165, 1.54) is 0 Å². The molecule has 0 unspecified atom stereocenters. The minimum atomic E-state index is -0.0787. The molecule has 0 aliphatic heterocycles. The van der Waals surface area contributed by atoms with Crippen LogP contribution in [0.15, 0.2) is 48.5 Å². The van der Waals surface area contributed by atoms with Gasteiger partial charge < -0.3 is 10.2 Å². The third-order valence-corrected chi connectivity index (χ3v) is 4.55. The number of nitrogens with one attached hydrogen (secondary N) is 1. The van der Waals surface area contributed by atoms with E-state index in [0.29, 0.717) is 26.9 Å². The predicted octanol–water partition coefficient (Wildman–Crippen LogP) is 5.39. The molecule has 2 aromatic carbocycles. The van der Waals surface area contributed by atoms with Crippen molar-refractivity contribution in [2.75, 3.05) is 18.4 Å². The summed E-state index contributed by atoms with van der Waals surface area (Å²) >= 11 is 11.7. The zero-order valence-electron chi connectivity index (χ0n) is 14.6. The number of halogens is 1. The largest absolute Gasteiger partial charge is 0.349 e. The molecule has 5 heteroatoms. The standard InChI is InChI=1S/C20H23ClN2OS/c1-3-5-13-23(4-2)20(25)22-18-12-11-16(21)14-17(18)19(24)15-9-7-6-8-10-15/h6-12,14H,3-5,13H2,1-2H3,(H,22,25). The summed E-state index contributed by atoms with van der Waals surface area (Å²) in [7, 11) is 0. The first-order valence-corrected chi connectivity index (χ1v) is 9.30. The summed E-state index contributed by atoms with van der Waals surface area (Å²) < 4.78 is 0. The average molecular weight is 375 g/mol. The number of hydrogen-bond donors (Lipinski definition) is 1. The SMILES string of the molecule is CCCCN(CC)C(=S)Nc1ccc(Cl)cc1C(=O)c1ccccc1.